The molecular formula is C67H127NO3. The molecule has 418 valence electrons. The third kappa shape index (κ3) is 59.1. The Morgan fingerprint density at radius 2 is 0.620 bits per heavy atom. The first-order valence-corrected chi connectivity index (χ1v) is 32.3. The van der Waals surface area contributed by atoms with Gasteiger partial charge < -0.3 is 15.5 Å². The highest BCUT2D eigenvalue weighted by Crippen LogP contribution is 2.19. The molecule has 0 aliphatic carbocycles. The van der Waals surface area contributed by atoms with Crippen molar-refractivity contribution in [3.63, 3.8) is 0 Å². The molecule has 0 radical (unpaired) electrons. The average Bonchev–Trinajstić information content (AvgIpc) is 3.37. The lowest BCUT2D eigenvalue weighted by atomic mass is 10.0. The molecule has 0 aromatic heterocycles. The topological polar surface area (TPSA) is 69.6 Å². The van der Waals surface area contributed by atoms with Crippen LogP contribution in [0, 0.1) is 0 Å². The molecule has 0 fully saturated rings. The van der Waals surface area contributed by atoms with Crippen molar-refractivity contribution < 1.29 is 15.0 Å². The van der Waals surface area contributed by atoms with Crippen molar-refractivity contribution in [2.24, 2.45) is 0 Å². The highest BCUT2D eigenvalue weighted by molar-refractivity contribution is 5.76. The predicted octanol–water partition coefficient (Wildman–Crippen LogP) is 21.8. The number of aliphatic hydroxyl groups excluding tert-OH is 2. The van der Waals surface area contributed by atoms with Gasteiger partial charge in [-0.1, -0.05) is 345 Å². The molecule has 2 unspecified atom stereocenters. The van der Waals surface area contributed by atoms with E-state index in [-0.39, 0.29) is 12.5 Å². The van der Waals surface area contributed by atoms with E-state index in [1.54, 1.807) is 0 Å². The Morgan fingerprint density at radius 3 is 0.930 bits per heavy atom. The van der Waals surface area contributed by atoms with E-state index in [0.717, 1.165) is 51.4 Å². The predicted molar refractivity (Wildman–Crippen MR) is 318 cm³/mol. The maximum atomic E-state index is 12.5. The summed E-state index contributed by atoms with van der Waals surface area (Å²) in [6, 6.07) is -0.539. The molecule has 71 heavy (non-hydrogen) atoms. The molecule has 0 aromatic rings. The van der Waals surface area contributed by atoms with Gasteiger partial charge in [-0.2, -0.15) is 0 Å². The van der Waals surface area contributed by atoms with Crippen molar-refractivity contribution >= 4 is 5.91 Å². The van der Waals surface area contributed by atoms with Crippen LogP contribution in [0.2, 0.25) is 0 Å². The van der Waals surface area contributed by atoms with E-state index in [1.807, 2.05) is 0 Å². The van der Waals surface area contributed by atoms with Crippen LogP contribution >= 0.6 is 0 Å². The minimum absolute atomic E-state index is 0.0278. The van der Waals surface area contributed by atoms with Gasteiger partial charge in [0.05, 0.1) is 18.8 Å². The summed E-state index contributed by atoms with van der Waals surface area (Å²) in [6.07, 6.45) is 87.1. The van der Waals surface area contributed by atoms with E-state index in [0.29, 0.717) is 12.8 Å². The van der Waals surface area contributed by atoms with Gasteiger partial charge in [-0.15, -0.1) is 0 Å². The van der Waals surface area contributed by atoms with Crippen LogP contribution < -0.4 is 5.32 Å². The molecular weight excluding hydrogens is 867 g/mol. The molecule has 0 rings (SSSR count). The normalized spacial score (nSPS) is 13.0. The Labute approximate surface area is 445 Å². The molecule has 0 aromatic carbocycles. The van der Waals surface area contributed by atoms with Gasteiger partial charge >= 0.3 is 0 Å². The van der Waals surface area contributed by atoms with Crippen LogP contribution in [-0.4, -0.2) is 34.9 Å². The Kier molecular flexibility index (Phi) is 61.2. The lowest BCUT2D eigenvalue weighted by Crippen LogP contribution is -2.45. The maximum absolute atomic E-state index is 12.5. The molecule has 4 heteroatoms. The molecule has 0 aliphatic rings. The quantitative estimate of drug-likeness (QED) is 0.0420. The van der Waals surface area contributed by atoms with Crippen LogP contribution in [0.25, 0.3) is 0 Å². The van der Waals surface area contributed by atoms with E-state index >= 15 is 0 Å². The second-order valence-corrected chi connectivity index (χ2v) is 22.2. The van der Waals surface area contributed by atoms with Crippen molar-refractivity contribution in [2.75, 3.05) is 6.61 Å². The lowest BCUT2D eigenvalue weighted by Gasteiger charge is -2.22. The molecule has 0 spiro atoms. The van der Waals surface area contributed by atoms with Gasteiger partial charge in [0.2, 0.25) is 5.91 Å². The van der Waals surface area contributed by atoms with Gasteiger partial charge in [-0.3, -0.25) is 4.79 Å². The van der Waals surface area contributed by atoms with Crippen molar-refractivity contribution in [3.8, 4) is 0 Å². The summed E-state index contributed by atoms with van der Waals surface area (Å²) in [5, 5.41) is 23.4. The van der Waals surface area contributed by atoms with E-state index in [1.165, 1.54) is 276 Å². The largest absolute Gasteiger partial charge is 0.394 e. The number of carbonyl (C=O) groups is 1. The Bertz CT molecular complexity index is 1130. The molecule has 2 atom stereocenters. The van der Waals surface area contributed by atoms with Gasteiger partial charge in [-0.25, -0.2) is 0 Å². The third-order valence-electron chi connectivity index (χ3n) is 15.1. The Hall–Kier alpha value is -1.65. The van der Waals surface area contributed by atoms with Crippen LogP contribution in [-0.2, 0) is 4.79 Å². The number of hydrogen-bond acceptors (Lipinski definition) is 3. The van der Waals surface area contributed by atoms with E-state index < -0.39 is 12.1 Å². The second kappa shape index (κ2) is 62.6. The molecule has 0 bridgehead atoms. The standard InChI is InChI=1S/C67H127NO3/c1-3-5-7-9-11-13-15-17-19-21-23-25-27-29-31-32-33-34-35-37-38-40-42-44-46-48-50-52-54-56-58-60-62-66(70)65(64-69)68-67(71)63-61-59-57-55-53-51-49-47-45-43-41-39-36-30-28-26-24-22-20-18-16-14-12-10-8-6-4-2/h6,8,12,14,18,20,24,26,65-66,69-70H,3-5,7,9-11,13,15-17,19,21-23,25,27-64H2,1-2H3,(H,68,71)/b8-6-,14-12-,20-18-,26-24-. The summed E-state index contributed by atoms with van der Waals surface area (Å²) in [5.41, 5.74) is 0. The minimum atomic E-state index is -0.662. The van der Waals surface area contributed by atoms with Crippen LogP contribution in [0.1, 0.15) is 354 Å². The van der Waals surface area contributed by atoms with Gasteiger partial charge in [-0.05, 0) is 51.4 Å². The smallest absolute Gasteiger partial charge is 0.220 e. The van der Waals surface area contributed by atoms with Crippen LogP contribution in [0.15, 0.2) is 48.6 Å². The lowest BCUT2D eigenvalue weighted by molar-refractivity contribution is -0.123. The number of allylic oxidation sites excluding steroid dienone is 8. The number of amides is 1. The van der Waals surface area contributed by atoms with Gasteiger partial charge in [0.1, 0.15) is 0 Å². The molecule has 0 saturated carbocycles. The number of rotatable bonds is 60. The van der Waals surface area contributed by atoms with Crippen LogP contribution in [0.5, 0.6) is 0 Å². The molecule has 0 aliphatic heterocycles. The van der Waals surface area contributed by atoms with Crippen molar-refractivity contribution in [1.29, 1.82) is 0 Å². The number of hydrogen-bond donors (Lipinski definition) is 3. The fourth-order valence-corrected chi connectivity index (χ4v) is 10.2. The fourth-order valence-electron chi connectivity index (χ4n) is 10.2. The highest BCUT2D eigenvalue weighted by Gasteiger charge is 2.20. The van der Waals surface area contributed by atoms with Gasteiger partial charge in [0.25, 0.3) is 0 Å². The van der Waals surface area contributed by atoms with Crippen LogP contribution in [0.3, 0.4) is 0 Å². The van der Waals surface area contributed by atoms with E-state index in [9.17, 15) is 15.0 Å². The monoisotopic (exact) mass is 994 g/mol. The Morgan fingerprint density at radius 1 is 0.352 bits per heavy atom. The summed E-state index contributed by atoms with van der Waals surface area (Å²) < 4.78 is 0. The number of unbranched alkanes of at least 4 members (excludes halogenated alkanes) is 45. The third-order valence-corrected chi connectivity index (χ3v) is 15.1. The second-order valence-electron chi connectivity index (χ2n) is 22.2. The zero-order valence-electron chi connectivity index (χ0n) is 48.3. The minimum Gasteiger partial charge on any atom is -0.394 e. The first-order chi connectivity index (χ1) is 35.2. The molecule has 1 amide bonds. The number of nitrogens with one attached hydrogen (secondary N) is 1. The van der Waals surface area contributed by atoms with Gasteiger partial charge in [0, 0.05) is 6.42 Å². The van der Waals surface area contributed by atoms with E-state index in [4.69, 9.17) is 0 Å². The number of carbonyl (C=O) groups excluding carboxylic acids is 1. The zero-order chi connectivity index (χ0) is 51.3. The maximum Gasteiger partial charge on any atom is 0.220 e. The van der Waals surface area contributed by atoms with Crippen molar-refractivity contribution in [3.05, 3.63) is 48.6 Å². The Balaban J connectivity index is 3.41. The zero-order valence-corrected chi connectivity index (χ0v) is 48.3. The summed E-state index contributed by atoms with van der Waals surface area (Å²) in [4.78, 5) is 12.5. The van der Waals surface area contributed by atoms with Crippen molar-refractivity contribution in [2.45, 2.75) is 366 Å². The van der Waals surface area contributed by atoms with Gasteiger partial charge in [0.15, 0.2) is 0 Å². The SMILES string of the molecule is CC/C=C\C/C=C\C/C=C\C/C=C\CCCCCCCCCCCCCCCCC(=O)NC(CO)C(O)CCCCCCCCCCCCCCCCCCCCCCCCCCCCCCCCCC. The average molecular weight is 995 g/mol. The molecule has 0 saturated heterocycles. The van der Waals surface area contributed by atoms with E-state index in [2.05, 4.69) is 67.8 Å². The molecule has 4 nitrogen and oxygen atoms in total. The summed E-state index contributed by atoms with van der Waals surface area (Å²) in [6.45, 7) is 4.28. The van der Waals surface area contributed by atoms with Crippen molar-refractivity contribution in [1.82, 2.24) is 5.32 Å². The summed E-state index contributed by atoms with van der Waals surface area (Å²) >= 11 is 0. The molecule has 3 N–H and O–H groups in total. The number of aliphatic hydroxyl groups is 2. The molecule has 0 heterocycles. The first kappa shape index (κ1) is 69.3. The summed E-state index contributed by atoms with van der Waals surface area (Å²) in [5.74, 6) is -0.0278. The highest BCUT2D eigenvalue weighted by atomic mass is 16.3. The summed E-state index contributed by atoms with van der Waals surface area (Å²) in [7, 11) is 0. The first-order valence-electron chi connectivity index (χ1n) is 32.3. The fraction of sp³-hybridized carbons (Fsp3) is 0.866. The van der Waals surface area contributed by atoms with Crippen LogP contribution in [0.4, 0.5) is 0 Å².